The predicted octanol–water partition coefficient (Wildman–Crippen LogP) is 22.1. The summed E-state index contributed by atoms with van der Waals surface area (Å²) in [6, 6.07) is 105. The van der Waals surface area contributed by atoms with E-state index in [1.165, 1.54) is 106 Å². The highest BCUT2D eigenvalue weighted by molar-refractivity contribution is 7.26. The maximum absolute atomic E-state index is 2.46. The topological polar surface area (TPSA) is 11.4 Å². The lowest BCUT2D eigenvalue weighted by Crippen LogP contribution is -2.13. The van der Waals surface area contributed by atoms with Crippen LogP contribution >= 0.6 is 22.7 Å². The van der Waals surface area contributed by atoms with Crippen LogP contribution in [0, 0.1) is 0 Å². The number of hydrogen-bond acceptors (Lipinski definition) is 4. The first-order chi connectivity index (χ1) is 39.1. The lowest BCUT2D eigenvalue weighted by molar-refractivity contribution is 1.18. The Morgan fingerprint density at radius 2 is 0.747 bits per heavy atom. The summed E-state index contributed by atoms with van der Waals surface area (Å²) in [5, 5.41) is 12.4. The molecule has 0 N–H and O–H groups in total. The summed E-state index contributed by atoms with van der Waals surface area (Å²) >= 11 is 3.72. The highest BCUT2D eigenvalue weighted by Gasteiger charge is 2.22. The second-order valence-electron chi connectivity index (χ2n) is 20.5. The minimum Gasteiger partial charge on any atom is -0.310 e. The summed E-state index contributed by atoms with van der Waals surface area (Å²) in [7, 11) is 0. The normalized spacial score (nSPS) is 11.8. The van der Waals surface area contributed by atoms with Crippen LogP contribution in [0.1, 0.15) is 0 Å². The van der Waals surface area contributed by atoms with E-state index in [2.05, 4.69) is 299 Å². The number of thiophene rings is 2. The van der Waals surface area contributed by atoms with Gasteiger partial charge >= 0.3 is 0 Å². The van der Waals surface area contributed by atoms with Crippen LogP contribution in [-0.4, -0.2) is 4.57 Å². The standard InChI is InChI=1S/C74H47N3S2/c1-2-19-53(20-3-1)77-69-28-10-8-25-62(69)63-39-33-52(44-70(63)77)51-34-40-72-65(43-51)67-47-58(38-42-74(67)79-72)75(57-37-41-73-66(46-57)64-26-9-11-30-71(64)78-73)55-21-14-22-56(45-55)76(68-29-13-18-49-16-5-7-24-61(49)68)54-35-31-50(32-36-54)60-27-12-17-48-15-4-6-23-59(48)60/h1-47H. The third kappa shape index (κ3) is 7.61. The lowest BCUT2D eigenvalue weighted by atomic mass is 9.98. The van der Waals surface area contributed by atoms with Crippen molar-refractivity contribution in [2.45, 2.75) is 0 Å². The van der Waals surface area contributed by atoms with Gasteiger partial charge in [0.25, 0.3) is 0 Å². The van der Waals surface area contributed by atoms with Crippen LogP contribution in [0.3, 0.4) is 0 Å². The third-order valence-corrected chi connectivity index (χ3v) is 18.2. The second kappa shape index (κ2) is 18.5. The molecule has 0 saturated carbocycles. The molecule has 0 radical (unpaired) electrons. The summed E-state index contributed by atoms with van der Waals surface area (Å²) in [6.07, 6.45) is 0. The predicted molar refractivity (Wildman–Crippen MR) is 342 cm³/mol. The first-order valence-electron chi connectivity index (χ1n) is 26.9. The quantitative estimate of drug-likeness (QED) is 0.143. The Morgan fingerprint density at radius 1 is 0.253 bits per heavy atom. The lowest BCUT2D eigenvalue weighted by Gasteiger charge is -2.30. The fourth-order valence-corrected chi connectivity index (χ4v) is 14.4. The molecular weight excluding hydrogens is 995 g/mol. The molecule has 0 bridgehead atoms. The molecule has 0 unspecified atom stereocenters. The van der Waals surface area contributed by atoms with E-state index in [9.17, 15) is 0 Å². The number of nitrogens with zero attached hydrogens (tertiary/aromatic N) is 3. The van der Waals surface area contributed by atoms with E-state index >= 15 is 0 Å². The molecule has 79 heavy (non-hydrogen) atoms. The molecule has 0 saturated heterocycles. The van der Waals surface area contributed by atoms with Gasteiger partial charge in [0.1, 0.15) is 0 Å². The molecule has 16 aromatic rings. The van der Waals surface area contributed by atoms with Gasteiger partial charge in [-0.1, -0.05) is 170 Å². The van der Waals surface area contributed by atoms with Crippen molar-refractivity contribution in [2.75, 3.05) is 9.80 Å². The first-order valence-corrected chi connectivity index (χ1v) is 28.5. The van der Waals surface area contributed by atoms with Gasteiger partial charge in [0, 0.05) is 90.6 Å². The van der Waals surface area contributed by atoms with Gasteiger partial charge in [-0.3, -0.25) is 0 Å². The highest BCUT2D eigenvalue weighted by Crippen LogP contribution is 2.47. The Balaban J connectivity index is 0.861. The van der Waals surface area contributed by atoms with Crippen molar-refractivity contribution in [1.82, 2.24) is 4.57 Å². The van der Waals surface area contributed by atoms with Crippen molar-refractivity contribution in [1.29, 1.82) is 0 Å². The van der Waals surface area contributed by atoms with Gasteiger partial charge in [-0.2, -0.15) is 0 Å². The highest BCUT2D eigenvalue weighted by atomic mass is 32.1. The van der Waals surface area contributed by atoms with Crippen LogP contribution in [-0.2, 0) is 0 Å². The average molecular weight is 1040 g/mol. The molecule has 370 valence electrons. The van der Waals surface area contributed by atoms with Crippen LogP contribution < -0.4 is 9.80 Å². The Labute approximate surface area is 465 Å². The maximum Gasteiger partial charge on any atom is 0.0547 e. The van der Waals surface area contributed by atoms with E-state index < -0.39 is 0 Å². The molecule has 0 aliphatic rings. The zero-order valence-electron chi connectivity index (χ0n) is 42.8. The summed E-state index contributed by atoms with van der Waals surface area (Å²) in [5.41, 5.74) is 14.9. The van der Waals surface area contributed by atoms with Gasteiger partial charge in [0.2, 0.25) is 0 Å². The summed E-state index contributed by atoms with van der Waals surface area (Å²) < 4.78 is 7.51. The molecule has 0 atom stereocenters. The monoisotopic (exact) mass is 1040 g/mol. The van der Waals surface area contributed by atoms with Gasteiger partial charge in [-0.15, -0.1) is 22.7 Å². The second-order valence-corrected chi connectivity index (χ2v) is 22.6. The molecular formula is C74H47N3S2. The van der Waals surface area contributed by atoms with Crippen LogP contribution in [0.25, 0.3) is 112 Å². The molecule has 0 spiro atoms. The first kappa shape index (κ1) is 45.4. The molecule has 3 heterocycles. The Hall–Kier alpha value is -9.78. The van der Waals surface area contributed by atoms with Gasteiger partial charge < -0.3 is 14.4 Å². The van der Waals surface area contributed by atoms with Crippen LogP contribution in [0.15, 0.2) is 285 Å². The minimum absolute atomic E-state index is 1.06. The molecule has 0 aliphatic heterocycles. The van der Waals surface area contributed by atoms with E-state index in [4.69, 9.17) is 0 Å². The number of benzene rings is 13. The molecule has 13 aromatic carbocycles. The summed E-state index contributed by atoms with van der Waals surface area (Å²) in [4.78, 5) is 4.89. The van der Waals surface area contributed by atoms with Crippen molar-refractivity contribution < 1.29 is 0 Å². The zero-order valence-corrected chi connectivity index (χ0v) is 44.4. The van der Waals surface area contributed by atoms with Gasteiger partial charge in [0.05, 0.1) is 16.7 Å². The van der Waals surface area contributed by atoms with Crippen LogP contribution in [0.5, 0.6) is 0 Å². The number of aromatic nitrogens is 1. The summed E-state index contributed by atoms with van der Waals surface area (Å²) in [5.74, 6) is 0. The Kier molecular flexibility index (Phi) is 10.6. The molecule has 3 aromatic heterocycles. The fourth-order valence-electron chi connectivity index (χ4n) is 12.3. The van der Waals surface area contributed by atoms with Crippen molar-refractivity contribution in [3.8, 4) is 27.9 Å². The van der Waals surface area contributed by atoms with Crippen molar-refractivity contribution >= 4 is 140 Å². The zero-order chi connectivity index (χ0) is 52.0. The molecule has 0 fully saturated rings. The average Bonchev–Trinajstić information content (AvgIpc) is 4.28. The van der Waals surface area contributed by atoms with Crippen molar-refractivity contribution in [3.63, 3.8) is 0 Å². The van der Waals surface area contributed by atoms with E-state index in [-0.39, 0.29) is 0 Å². The fraction of sp³-hybridized carbons (Fsp3) is 0. The Bertz CT molecular complexity index is 5040. The van der Waals surface area contributed by atoms with Crippen molar-refractivity contribution in [3.05, 3.63) is 285 Å². The largest absolute Gasteiger partial charge is 0.310 e. The summed E-state index contributed by atoms with van der Waals surface area (Å²) in [6.45, 7) is 0. The van der Waals surface area contributed by atoms with Gasteiger partial charge in [-0.25, -0.2) is 0 Å². The van der Waals surface area contributed by atoms with Crippen LogP contribution in [0.2, 0.25) is 0 Å². The van der Waals surface area contributed by atoms with E-state index in [1.54, 1.807) is 0 Å². The number of anilines is 6. The van der Waals surface area contributed by atoms with Crippen molar-refractivity contribution in [2.24, 2.45) is 0 Å². The number of hydrogen-bond donors (Lipinski definition) is 0. The molecule has 16 rings (SSSR count). The molecule has 5 heteroatoms. The minimum atomic E-state index is 1.06. The van der Waals surface area contributed by atoms with E-state index in [1.807, 2.05) is 22.7 Å². The van der Waals surface area contributed by atoms with E-state index in [0.717, 1.165) is 39.8 Å². The smallest absolute Gasteiger partial charge is 0.0547 e. The number of rotatable bonds is 9. The number of fused-ring (bicyclic) bond motifs is 11. The number of para-hydroxylation sites is 2. The SMILES string of the molecule is c1ccc(-n2c3ccccc3c3ccc(-c4ccc5sc6ccc(N(c7cccc(N(c8ccc(-c9cccc%10ccccc9%10)cc8)c8cccc9ccccc89)c7)c7ccc8sc9ccccc9c8c7)cc6c5c4)cc32)cc1. The van der Waals surface area contributed by atoms with Gasteiger partial charge in [-0.05, 0) is 154 Å². The maximum atomic E-state index is 2.46. The Morgan fingerprint density at radius 3 is 1.52 bits per heavy atom. The van der Waals surface area contributed by atoms with Crippen LogP contribution in [0.4, 0.5) is 34.1 Å². The molecule has 0 amide bonds. The van der Waals surface area contributed by atoms with E-state index in [0.29, 0.717) is 0 Å². The molecule has 3 nitrogen and oxygen atoms in total. The van der Waals surface area contributed by atoms with Gasteiger partial charge in [0.15, 0.2) is 0 Å². The molecule has 0 aliphatic carbocycles. The third-order valence-electron chi connectivity index (χ3n) is 15.9.